The largest absolute Gasteiger partial charge is 0.467 e. The summed E-state index contributed by atoms with van der Waals surface area (Å²) in [6.07, 6.45) is 6.52. The minimum absolute atomic E-state index is 0.143. The highest BCUT2D eigenvalue weighted by atomic mass is 32.2. The maximum atomic E-state index is 6.21. The predicted octanol–water partition coefficient (Wildman–Crippen LogP) is 3.54. The minimum Gasteiger partial charge on any atom is -0.467 e. The molecule has 2 atom stereocenters. The van der Waals surface area contributed by atoms with Crippen LogP contribution in [0.3, 0.4) is 0 Å². The average Bonchev–Trinajstić information content (AvgIpc) is 2.87. The van der Waals surface area contributed by atoms with Crippen molar-refractivity contribution in [3.8, 4) is 0 Å². The van der Waals surface area contributed by atoms with Gasteiger partial charge >= 0.3 is 0 Å². The lowest BCUT2D eigenvalue weighted by molar-refractivity contribution is -0.108. The molecule has 20 heavy (non-hydrogen) atoms. The highest BCUT2D eigenvalue weighted by molar-refractivity contribution is 7.99. The van der Waals surface area contributed by atoms with Crippen molar-refractivity contribution in [2.24, 2.45) is 5.92 Å². The normalized spacial score (nSPS) is 27.6. The molecular formula is C16H25NO2S. The first-order valence-corrected chi connectivity index (χ1v) is 8.82. The third-order valence-electron chi connectivity index (χ3n) is 4.90. The van der Waals surface area contributed by atoms with Crippen LogP contribution in [0.15, 0.2) is 16.7 Å². The van der Waals surface area contributed by atoms with Gasteiger partial charge in [0.05, 0.1) is 17.9 Å². The number of nitrogens with one attached hydrogen (secondary N) is 1. The first kappa shape index (κ1) is 14.5. The average molecular weight is 295 g/mol. The van der Waals surface area contributed by atoms with Gasteiger partial charge in [0, 0.05) is 6.61 Å². The fourth-order valence-corrected chi connectivity index (χ4v) is 4.96. The molecule has 2 fully saturated rings. The van der Waals surface area contributed by atoms with E-state index in [2.05, 4.69) is 30.1 Å². The van der Waals surface area contributed by atoms with Gasteiger partial charge in [-0.25, -0.2) is 0 Å². The second-order valence-corrected chi connectivity index (χ2v) is 7.36. The number of hydrogen-bond donors (Lipinski definition) is 1. The molecule has 1 aromatic heterocycles. The third kappa shape index (κ3) is 2.78. The van der Waals surface area contributed by atoms with Crippen LogP contribution in [-0.2, 0) is 4.74 Å². The van der Waals surface area contributed by atoms with E-state index in [0.29, 0.717) is 12.0 Å². The van der Waals surface area contributed by atoms with E-state index in [-0.39, 0.29) is 5.60 Å². The Morgan fingerprint density at radius 3 is 2.85 bits per heavy atom. The zero-order valence-corrected chi connectivity index (χ0v) is 13.3. The summed E-state index contributed by atoms with van der Waals surface area (Å²) in [5, 5.41) is 3.48. The molecule has 2 aliphatic heterocycles. The number of hydrogen-bond acceptors (Lipinski definition) is 4. The van der Waals surface area contributed by atoms with E-state index >= 15 is 0 Å². The summed E-state index contributed by atoms with van der Waals surface area (Å²) in [6, 6.07) is 2.38. The van der Waals surface area contributed by atoms with Crippen molar-refractivity contribution in [1.29, 1.82) is 0 Å². The van der Waals surface area contributed by atoms with Crippen LogP contribution in [0.2, 0.25) is 0 Å². The first-order valence-electron chi connectivity index (χ1n) is 7.67. The number of furan rings is 1. The van der Waals surface area contributed by atoms with Crippen LogP contribution < -0.4 is 5.32 Å². The van der Waals surface area contributed by atoms with Gasteiger partial charge < -0.3 is 14.5 Å². The molecule has 112 valence electrons. The highest BCUT2D eigenvalue weighted by Crippen LogP contribution is 2.43. The topological polar surface area (TPSA) is 34.4 Å². The van der Waals surface area contributed by atoms with Crippen molar-refractivity contribution in [2.75, 3.05) is 25.2 Å². The van der Waals surface area contributed by atoms with Crippen LogP contribution in [0.5, 0.6) is 0 Å². The zero-order chi connectivity index (χ0) is 14.0. The Kier molecular flexibility index (Phi) is 4.43. The quantitative estimate of drug-likeness (QED) is 0.925. The second-order valence-electron chi connectivity index (χ2n) is 6.13. The Hall–Kier alpha value is -0.450. The monoisotopic (exact) mass is 295 g/mol. The lowest BCUT2D eigenvalue weighted by atomic mass is 9.77. The molecular weight excluding hydrogens is 270 g/mol. The fraction of sp³-hybridized carbons (Fsp3) is 0.750. The summed E-state index contributed by atoms with van der Waals surface area (Å²) in [7, 11) is 2.05. The Bertz CT molecular complexity index is 434. The van der Waals surface area contributed by atoms with Crippen LogP contribution in [-0.4, -0.2) is 30.8 Å². The molecule has 1 N–H and O–H groups in total. The molecule has 1 spiro atoms. The smallest absolute Gasteiger partial charge is 0.123 e. The number of rotatable bonds is 3. The highest BCUT2D eigenvalue weighted by Gasteiger charge is 2.41. The molecule has 2 unspecified atom stereocenters. The lowest BCUT2D eigenvalue weighted by Gasteiger charge is -2.45. The molecule has 0 aromatic carbocycles. The predicted molar refractivity (Wildman–Crippen MR) is 83.2 cm³/mol. The Labute approximate surface area is 125 Å². The van der Waals surface area contributed by atoms with Crippen LogP contribution >= 0.6 is 11.8 Å². The summed E-state index contributed by atoms with van der Waals surface area (Å²) in [5.74, 6) is 4.22. The number of ether oxygens (including phenoxy) is 1. The van der Waals surface area contributed by atoms with Crippen LogP contribution in [0.25, 0.3) is 0 Å². The van der Waals surface area contributed by atoms with Crippen LogP contribution in [0.1, 0.15) is 43.0 Å². The standard InChI is InChI=1S/C16H25NO2S/c1-12-3-7-18-15(12)14(17-2)13-4-8-19-16(11-13)5-9-20-10-6-16/h3,7,13-14,17H,4-6,8-11H2,1-2H3. The second kappa shape index (κ2) is 6.12. The molecule has 3 heterocycles. The minimum atomic E-state index is 0.143. The maximum Gasteiger partial charge on any atom is 0.123 e. The van der Waals surface area contributed by atoms with Gasteiger partial charge in [-0.15, -0.1) is 0 Å². The Balaban J connectivity index is 1.76. The van der Waals surface area contributed by atoms with Crippen molar-refractivity contribution in [3.63, 3.8) is 0 Å². The zero-order valence-electron chi connectivity index (χ0n) is 12.5. The molecule has 0 aliphatic carbocycles. The van der Waals surface area contributed by atoms with Crippen molar-refractivity contribution in [1.82, 2.24) is 5.32 Å². The van der Waals surface area contributed by atoms with Gasteiger partial charge in [-0.3, -0.25) is 0 Å². The lowest BCUT2D eigenvalue weighted by Crippen LogP contribution is -2.45. The van der Waals surface area contributed by atoms with Crippen LogP contribution in [0, 0.1) is 12.8 Å². The summed E-state index contributed by atoms with van der Waals surface area (Å²) < 4.78 is 11.9. The van der Waals surface area contributed by atoms with Crippen LogP contribution in [0.4, 0.5) is 0 Å². The summed E-state index contributed by atoms with van der Waals surface area (Å²) in [6.45, 7) is 3.03. The SMILES string of the molecule is CNC(c1occc1C)C1CCOC2(CCSCC2)C1. The van der Waals surface area contributed by atoms with Crippen molar-refractivity contribution in [3.05, 3.63) is 23.7 Å². The molecule has 1 aromatic rings. The van der Waals surface area contributed by atoms with Gasteiger partial charge in [-0.2, -0.15) is 11.8 Å². The van der Waals surface area contributed by atoms with E-state index in [0.717, 1.165) is 18.8 Å². The molecule has 0 radical (unpaired) electrons. The molecule has 2 saturated heterocycles. The fourth-order valence-electron chi connectivity index (χ4n) is 3.73. The van der Waals surface area contributed by atoms with Crippen molar-refractivity contribution in [2.45, 2.75) is 44.2 Å². The Morgan fingerprint density at radius 2 is 2.20 bits per heavy atom. The van der Waals surface area contributed by atoms with Gasteiger partial charge in [0.25, 0.3) is 0 Å². The van der Waals surface area contributed by atoms with E-state index in [9.17, 15) is 0 Å². The van der Waals surface area contributed by atoms with E-state index in [4.69, 9.17) is 9.15 Å². The third-order valence-corrected chi connectivity index (χ3v) is 5.89. The van der Waals surface area contributed by atoms with Gasteiger partial charge in [0.15, 0.2) is 0 Å². The number of thioether (sulfide) groups is 1. The Morgan fingerprint density at radius 1 is 1.40 bits per heavy atom. The molecule has 2 aliphatic rings. The summed E-state index contributed by atoms with van der Waals surface area (Å²) >= 11 is 2.06. The first-order chi connectivity index (χ1) is 9.74. The van der Waals surface area contributed by atoms with Gasteiger partial charge in [0.1, 0.15) is 5.76 Å². The van der Waals surface area contributed by atoms with E-state index in [1.54, 1.807) is 6.26 Å². The van der Waals surface area contributed by atoms with Gasteiger partial charge in [0.2, 0.25) is 0 Å². The molecule has 3 nitrogen and oxygen atoms in total. The van der Waals surface area contributed by atoms with Crippen molar-refractivity contribution < 1.29 is 9.15 Å². The number of aryl methyl sites for hydroxylation is 1. The van der Waals surface area contributed by atoms with Crippen molar-refractivity contribution >= 4 is 11.8 Å². The molecule has 0 bridgehead atoms. The summed E-state index contributed by atoms with van der Waals surface area (Å²) in [4.78, 5) is 0. The molecule has 0 amide bonds. The van der Waals surface area contributed by atoms with Gasteiger partial charge in [-0.1, -0.05) is 0 Å². The van der Waals surface area contributed by atoms with E-state index in [1.165, 1.54) is 36.3 Å². The maximum absolute atomic E-state index is 6.21. The molecule has 3 rings (SSSR count). The summed E-state index contributed by atoms with van der Waals surface area (Å²) in [5.41, 5.74) is 1.40. The van der Waals surface area contributed by atoms with E-state index in [1.807, 2.05) is 7.05 Å². The van der Waals surface area contributed by atoms with E-state index < -0.39 is 0 Å². The molecule has 0 saturated carbocycles. The molecule has 4 heteroatoms. The van der Waals surface area contributed by atoms with Gasteiger partial charge in [-0.05, 0) is 68.7 Å².